The molecule has 0 radical (unpaired) electrons. The average Bonchev–Trinajstić information content (AvgIpc) is 2.55. The van der Waals surface area contributed by atoms with Gasteiger partial charge in [-0.3, -0.25) is 4.72 Å². The molecule has 2 aromatic carbocycles. The maximum Gasteiger partial charge on any atom is 0.264 e. The molecule has 26 heavy (non-hydrogen) atoms. The van der Waals surface area contributed by atoms with Crippen molar-refractivity contribution in [2.45, 2.75) is 23.6 Å². The minimum atomic E-state index is -4.18. The second-order valence-electron chi connectivity index (χ2n) is 5.29. The van der Waals surface area contributed by atoms with Gasteiger partial charge in [-0.05, 0) is 42.5 Å². The number of benzene rings is 2. The molecule has 0 aliphatic heterocycles. The highest BCUT2D eigenvalue weighted by Gasteiger charge is 2.22. The minimum Gasteiger partial charge on any atom is -0.280 e. The first kappa shape index (κ1) is 20.6. The van der Waals surface area contributed by atoms with Crippen LogP contribution in [0.3, 0.4) is 0 Å². The molecule has 0 amide bonds. The van der Waals surface area contributed by atoms with Crippen LogP contribution in [0.15, 0.2) is 52.3 Å². The summed E-state index contributed by atoms with van der Waals surface area (Å²) in [5.41, 5.74) is 0.109. The van der Waals surface area contributed by atoms with E-state index in [1.54, 1.807) is 13.8 Å². The second-order valence-corrected chi connectivity index (χ2v) is 9.32. The molecule has 1 N–H and O–H groups in total. The molecule has 2 aromatic rings. The third-order valence-corrected chi connectivity index (χ3v) is 7.35. The fraction of sp³-hybridized carbons (Fsp3) is 0.250. The first-order valence-corrected chi connectivity index (χ1v) is 11.0. The Morgan fingerprint density at radius 1 is 1.00 bits per heavy atom. The molecule has 0 saturated heterocycles. The lowest BCUT2D eigenvalue weighted by atomic mass is 10.3. The van der Waals surface area contributed by atoms with Gasteiger partial charge in [-0.15, -0.1) is 0 Å². The lowest BCUT2D eigenvalue weighted by Crippen LogP contribution is -2.30. The third-order valence-electron chi connectivity index (χ3n) is 3.63. The van der Waals surface area contributed by atoms with Crippen molar-refractivity contribution in [3.63, 3.8) is 0 Å². The smallest absolute Gasteiger partial charge is 0.264 e. The summed E-state index contributed by atoms with van der Waals surface area (Å²) in [6.07, 6.45) is 0. The monoisotopic (exact) mass is 420 g/mol. The number of nitrogens with one attached hydrogen (secondary N) is 1. The molecular weight excluding hydrogens is 403 g/mol. The summed E-state index contributed by atoms with van der Waals surface area (Å²) in [7, 11) is -7.82. The van der Waals surface area contributed by atoms with Crippen LogP contribution in [-0.4, -0.2) is 34.2 Å². The fourth-order valence-electron chi connectivity index (χ4n) is 2.31. The van der Waals surface area contributed by atoms with E-state index in [9.17, 15) is 21.2 Å². The largest absolute Gasteiger partial charge is 0.280 e. The summed E-state index contributed by atoms with van der Waals surface area (Å²) < 4.78 is 66.8. The normalized spacial score (nSPS) is 12.3. The third kappa shape index (κ3) is 4.35. The van der Waals surface area contributed by atoms with Crippen LogP contribution < -0.4 is 4.72 Å². The van der Waals surface area contributed by atoms with Gasteiger partial charge in [-0.25, -0.2) is 21.2 Å². The predicted octanol–water partition coefficient (Wildman–Crippen LogP) is 3.31. The fourth-order valence-corrected chi connectivity index (χ4v) is 5.05. The molecule has 0 spiro atoms. The minimum absolute atomic E-state index is 0.0434. The van der Waals surface area contributed by atoms with Crippen molar-refractivity contribution in [2.24, 2.45) is 0 Å². The molecule has 0 atom stereocenters. The van der Waals surface area contributed by atoms with Crippen molar-refractivity contribution in [1.29, 1.82) is 0 Å². The molecular formula is C16H18ClFN2O4S2. The van der Waals surface area contributed by atoms with Gasteiger partial charge in [-0.1, -0.05) is 25.4 Å². The Balaban J connectivity index is 2.29. The van der Waals surface area contributed by atoms with Gasteiger partial charge in [0, 0.05) is 23.8 Å². The lowest BCUT2D eigenvalue weighted by molar-refractivity contribution is 0.445. The number of halogens is 2. The van der Waals surface area contributed by atoms with E-state index in [1.807, 2.05) is 0 Å². The quantitative estimate of drug-likeness (QED) is 0.744. The summed E-state index contributed by atoms with van der Waals surface area (Å²) in [5, 5.41) is 0.0763. The summed E-state index contributed by atoms with van der Waals surface area (Å²) in [6.45, 7) is 4.10. The van der Waals surface area contributed by atoms with Crippen LogP contribution in [0.5, 0.6) is 0 Å². The Hall–Kier alpha value is -1.68. The maximum atomic E-state index is 13.8. The number of nitrogens with zero attached hydrogens (tertiary/aromatic N) is 1. The molecule has 10 heteroatoms. The highest BCUT2D eigenvalue weighted by Crippen LogP contribution is 2.23. The maximum absolute atomic E-state index is 13.8. The van der Waals surface area contributed by atoms with Crippen LogP contribution in [0, 0.1) is 5.82 Å². The first-order chi connectivity index (χ1) is 12.1. The van der Waals surface area contributed by atoms with E-state index in [0.29, 0.717) is 13.1 Å². The van der Waals surface area contributed by atoms with Gasteiger partial charge in [0.05, 0.1) is 4.90 Å². The number of anilines is 1. The topological polar surface area (TPSA) is 83.6 Å². The van der Waals surface area contributed by atoms with Crippen LogP contribution in [-0.2, 0) is 20.0 Å². The molecule has 0 saturated carbocycles. The molecule has 0 unspecified atom stereocenters. The van der Waals surface area contributed by atoms with E-state index in [-0.39, 0.29) is 15.6 Å². The highest BCUT2D eigenvalue weighted by atomic mass is 35.5. The molecule has 6 nitrogen and oxygen atoms in total. The predicted molar refractivity (Wildman–Crippen MR) is 98.8 cm³/mol. The van der Waals surface area contributed by atoms with Gasteiger partial charge in [0.15, 0.2) is 0 Å². The van der Waals surface area contributed by atoms with Crippen molar-refractivity contribution in [1.82, 2.24) is 4.31 Å². The molecule has 0 fully saturated rings. The number of hydrogen-bond acceptors (Lipinski definition) is 4. The van der Waals surface area contributed by atoms with Crippen LogP contribution in [0.4, 0.5) is 10.1 Å². The number of sulfonamides is 2. The van der Waals surface area contributed by atoms with E-state index >= 15 is 0 Å². The Kier molecular flexibility index (Phi) is 6.28. The zero-order chi connectivity index (χ0) is 19.5. The van der Waals surface area contributed by atoms with Gasteiger partial charge >= 0.3 is 0 Å². The zero-order valence-corrected chi connectivity index (χ0v) is 16.5. The van der Waals surface area contributed by atoms with E-state index in [1.165, 1.54) is 34.6 Å². The SMILES string of the molecule is CCN(CC)S(=O)(=O)c1ccc(NS(=O)(=O)c2ccc(Cl)cc2F)cc1. The van der Waals surface area contributed by atoms with Crippen molar-refractivity contribution in [3.8, 4) is 0 Å². The van der Waals surface area contributed by atoms with Gasteiger partial charge in [-0.2, -0.15) is 4.31 Å². The van der Waals surface area contributed by atoms with Crippen LogP contribution in [0.2, 0.25) is 5.02 Å². The standard InChI is InChI=1S/C16H18ClFN2O4S2/c1-3-20(4-2)26(23,24)14-8-6-13(7-9-14)19-25(21,22)16-10-5-12(17)11-15(16)18/h5-11,19H,3-4H2,1-2H3. The Morgan fingerprint density at radius 3 is 2.08 bits per heavy atom. The van der Waals surface area contributed by atoms with E-state index in [0.717, 1.165) is 12.1 Å². The van der Waals surface area contributed by atoms with Gasteiger partial charge < -0.3 is 0 Å². The highest BCUT2D eigenvalue weighted by molar-refractivity contribution is 7.92. The van der Waals surface area contributed by atoms with E-state index in [2.05, 4.69) is 4.72 Å². The summed E-state index contributed by atoms with van der Waals surface area (Å²) in [5.74, 6) is -0.981. The molecule has 0 aromatic heterocycles. The van der Waals surface area contributed by atoms with Crippen molar-refractivity contribution < 1.29 is 21.2 Å². The second kappa shape index (κ2) is 7.91. The molecule has 0 aliphatic carbocycles. The molecule has 0 aliphatic rings. The number of rotatable bonds is 7. The number of hydrogen-bond donors (Lipinski definition) is 1. The Morgan fingerprint density at radius 2 is 1.58 bits per heavy atom. The summed E-state index contributed by atoms with van der Waals surface area (Å²) in [6, 6.07) is 8.42. The Labute approximate surface area is 157 Å². The van der Waals surface area contributed by atoms with Crippen LogP contribution >= 0.6 is 11.6 Å². The van der Waals surface area contributed by atoms with Crippen LogP contribution in [0.25, 0.3) is 0 Å². The molecule has 0 heterocycles. The van der Waals surface area contributed by atoms with Gasteiger partial charge in [0.25, 0.3) is 10.0 Å². The van der Waals surface area contributed by atoms with Crippen molar-refractivity contribution >= 4 is 37.3 Å². The first-order valence-electron chi connectivity index (χ1n) is 7.70. The van der Waals surface area contributed by atoms with E-state index in [4.69, 9.17) is 11.6 Å². The molecule has 2 rings (SSSR count). The van der Waals surface area contributed by atoms with Gasteiger partial charge in [0.2, 0.25) is 10.0 Å². The van der Waals surface area contributed by atoms with Crippen LogP contribution in [0.1, 0.15) is 13.8 Å². The van der Waals surface area contributed by atoms with Gasteiger partial charge in [0.1, 0.15) is 10.7 Å². The average molecular weight is 421 g/mol. The lowest BCUT2D eigenvalue weighted by Gasteiger charge is -2.18. The Bertz CT molecular complexity index is 989. The molecule has 0 bridgehead atoms. The van der Waals surface area contributed by atoms with Crippen molar-refractivity contribution in [2.75, 3.05) is 17.8 Å². The zero-order valence-electron chi connectivity index (χ0n) is 14.1. The summed E-state index contributed by atoms with van der Waals surface area (Å²) in [4.78, 5) is -0.511. The summed E-state index contributed by atoms with van der Waals surface area (Å²) >= 11 is 5.62. The molecule has 142 valence electrons. The van der Waals surface area contributed by atoms with E-state index < -0.39 is 30.8 Å². The van der Waals surface area contributed by atoms with Crippen molar-refractivity contribution in [3.05, 3.63) is 53.3 Å².